The van der Waals surface area contributed by atoms with E-state index in [1.165, 1.54) is 24.4 Å². The second-order valence-corrected chi connectivity index (χ2v) is 11.3. The predicted octanol–water partition coefficient (Wildman–Crippen LogP) is 4.84. The van der Waals surface area contributed by atoms with Gasteiger partial charge in [-0.25, -0.2) is 13.9 Å². The number of carbonyl (C=O) groups is 2. The van der Waals surface area contributed by atoms with Crippen molar-refractivity contribution in [1.29, 1.82) is 0 Å². The number of nitrogens with one attached hydrogen (secondary N) is 1. The minimum atomic E-state index is -0.549. The first kappa shape index (κ1) is 30.8. The lowest BCUT2D eigenvalue weighted by molar-refractivity contribution is -0.000655. The Morgan fingerprint density at radius 2 is 1.81 bits per heavy atom. The van der Waals surface area contributed by atoms with Crippen molar-refractivity contribution in [3.63, 3.8) is 0 Å². The zero-order chi connectivity index (χ0) is 30.3. The van der Waals surface area contributed by atoms with Gasteiger partial charge in [0.1, 0.15) is 5.82 Å². The van der Waals surface area contributed by atoms with Crippen LogP contribution in [0.1, 0.15) is 53.5 Å². The van der Waals surface area contributed by atoms with Crippen LogP contribution in [0.25, 0.3) is 16.6 Å². The topological polar surface area (TPSA) is 98.1 Å². The van der Waals surface area contributed by atoms with Crippen molar-refractivity contribution in [2.24, 2.45) is 0 Å². The van der Waals surface area contributed by atoms with Crippen LogP contribution < -0.4 is 10.1 Å². The van der Waals surface area contributed by atoms with E-state index >= 15 is 0 Å². The quantitative estimate of drug-likeness (QED) is 0.180. The fourth-order valence-electron chi connectivity index (χ4n) is 4.31. The molecule has 0 spiro atoms. The Morgan fingerprint density at radius 3 is 2.52 bits per heavy atom. The number of hydrogen-bond acceptors (Lipinski definition) is 7. The molecule has 4 aromatic rings. The van der Waals surface area contributed by atoms with Crippen LogP contribution in [0.3, 0.4) is 0 Å². The van der Waals surface area contributed by atoms with Gasteiger partial charge in [-0.3, -0.25) is 9.59 Å². The van der Waals surface area contributed by atoms with Gasteiger partial charge < -0.3 is 19.7 Å². The Labute approximate surface area is 245 Å². The van der Waals surface area contributed by atoms with Crippen LogP contribution in [0.15, 0.2) is 61.1 Å². The lowest BCUT2D eigenvalue weighted by atomic mass is 10.0. The first-order valence-corrected chi connectivity index (χ1v) is 14.0. The van der Waals surface area contributed by atoms with E-state index in [1.807, 2.05) is 59.3 Å². The molecule has 3 aromatic heterocycles. The molecular weight excluding hydrogens is 537 g/mol. The number of carbonyl (C=O) groups excluding carboxylic acids is 2. The fourth-order valence-corrected chi connectivity index (χ4v) is 4.31. The maximum absolute atomic E-state index is 14.6. The first-order chi connectivity index (χ1) is 20.0. The van der Waals surface area contributed by atoms with Gasteiger partial charge in [-0.1, -0.05) is 6.07 Å². The number of halogens is 1. The number of ketones is 1. The predicted molar refractivity (Wildman–Crippen MR) is 160 cm³/mol. The number of fused-ring (bicyclic) bond motifs is 1. The summed E-state index contributed by atoms with van der Waals surface area (Å²) < 4.78 is 27.6. The Balaban J connectivity index is 1.40. The van der Waals surface area contributed by atoms with Crippen molar-refractivity contribution in [3.8, 4) is 17.0 Å². The lowest BCUT2D eigenvalue weighted by Gasteiger charge is -2.19. The smallest absolute Gasteiger partial charge is 0.251 e. The summed E-state index contributed by atoms with van der Waals surface area (Å²) >= 11 is 0. The molecular formula is C32H38FN5O4. The number of amides is 1. The Kier molecular flexibility index (Phi) is 10.0. The highest BCUT2D eigenvalue weighted by molar-refractivity contribution is 6.03. The third-order valence-electron chi connectivity index (χ3n) is 6.47. The van der Waals surface area contributed by atoms with Crippen molar-refractivity contribution in [2.75, 3.05) is 40.4 Å². The number of pyridine rings is 2. The van der Waals surface area contributed by atoms with Gasteiger partial charge in [-0.15, -0.1) is 0 Å². The van der Waals surface area contributed by atoms with E-state index < -0.39 is 5.82 Å². The molecule has 1 N–H and O–H groups in total. The Hall–Kier alpha value is -4.15. The summed E-state index contributed by atoms with van der Waals surface area (Å²) in [7, 11) is 4.05. The average Bonchev–Trinajstić information content (AvgIpc) is 3.38. The largest absolute Gasteiger partial charge is 0.478 e. The number of ether oxygens (including phenoxy) is 2. The molecule has 0 unspecified atom stereocenters. The molecule has 0 aliphatic carbocycles. The van der Waals surface area contributed by atoms with Crippen LogP contribution in [0.4, 0.5) is 4.39 Å². The van der Waals surface area contributed by atoms with E-state index in [0.29, 0.717) is 36.7 Å². The van der Waals surface area contributed by atoms with Gasteiger partial charge in [0.05, 0.1) is 36.1 Å². The van der Waals surface area contributed by atoms with E-state index in [4.69, 9.17) is 9.47 Å². The monoisotopic (exact) mass is 575 g/mol. The van der Waals surface area contributed by atoms with Gasteiger partial charge in [-0.05, 0) is 77.2 Å². The van der Waals surface area contributed by atoms with Crippen molar-refractivity contribution < 1.29 is 23.5 Å². The van der Waals surface area contributed by atoms with Gasteiger partial charge in [0.15, 0.2) is 5.78 Å². The molecule has 0 fully saturated rings. The minimum absolute atomic E-state index is 0.143. The normalized spacial score (nSPS) is 11.7. The zero-order valence-electron chi connectivity index (χ0n) is 24.8. The molecule has 1 aromatic carbocycles. The van der Waals surface area contributed by atoms with Crippen LogP contribution in [0.5, 0.6) is 5.88 Å². The van der Waals surface area contributed by atoms with Gasteiger partial charge >= 0.3 is 0 Å². The van der Waals surface area contributed by atoms with E-state index in [9.17, 15) is 14.0 Å². The number of benzene rings is 1. The summed E-state index contributed by atoms with van der Waals surface area (Å²) in [5, 5.41) is 7.12. The zero-order valence-corrected chi connectivity index (χ0v) is 24.8. The molecule has 0 aliphatic rings. The molecule has 222 valence electrons. The minimum Gasteiger partial charge on any atom is -0.478 e. The number of aromatic nitrogens is 3. The summed E-state index contributed by atoms with van der Waals surface area (Å²) in [5.74, 6) is -0.644. The molecule has 10 heteroatoms. The van der Waals surface area contributed by atoms with Crippen LogP contribution in [0.2, 0.25) is 0 Å². The number of Topliss-reactive ketones (excluding diaryl/α,β-unsaturated/α-hetero) is 1. The second-order valence-electron chi connectivity index (χ2n) is 11.3. The molecule has 42 heavy (non-hydrogen) atoms. The third kappa shape index (κ3) is 8.43. The van der Waals surface area contributed by atoms with E-state index in [-0.39, 0.29) is 34.8 Å². The van der Waals surface area contributed by atoms with Gasteiger partial charge in [0, 0.05) is 54.7 Å². The number of nitrogens with zero attached hydrogens (tertiary/aromatic N) is 4. The van der Waals surface area contributed by atoms with E-state index in [1.54, 1.807) is 16.8 Å². The Bertz CT molecular complexity index is 1530. The fraction of sp³-hybridized carbons (Fsp3) is 0.375. The molecule has 0 saturated carbocycles. The molecule has 0 aliphatic heterocycles. The molecule has 0 saturated heterocycles. The third-order valence-corrected chi connectivity index (χ3v) is 6.47. The van der Waals surface area contributed by atoms with E-state index in [0.717, 1.165) is 24.1 Å². The highest BCUT2D eigenvalue weighted by atomic mass is 19.1. The van der Waals surface area contributed by atoms with Gasteiger partial charge in [0.25, 0.3) is 5.91 Å². The summed E-state index contributed by atoms with van der Waals surface area (Å²) in [6.07, 6.45) is 5.74. The molecule has 0 radical (unpaired) electrons. The number of rotatable bonds is 13. The van der Waals surface area contributed by atoms with Crippen LogP contribution >= 0.6 is 0 Å². The van der Waals surface area contributed by atoms with Crippen molar-refractivity contribution in [2.45, 2.75) is 39.2 Å². The van der Waals surface area contributed by atoms with Crippen molar-refractivity contribution >= 4 is 17.2 Å². The van der Waals surface area contributed by atoms with Crippen molar-refractivity contribution in [1.82, 2.24) is 24.8 Å². The molecule has 9 nitrogen and oxygen atoms in total. The van der Waals surface area contributed by atoms with Crippen LogP contribution in [-0.2, 0) is 11.2 Å². The first-order valence-electron chi connectivity index (χ1n) is 14.0. The summed E-state index contributed by atoms with van der Waals surface area (Å²) in [4.78, 5) is 32.3. The Morgan fingerprint density at radius 1 is 1.02 bits per heavy atom. The SMILES string of the molecule is CN(C)CCCOc1ccc(-c2ccc3c(C(=O)Cc4cc(C(=O)NCCOC(C)(C)C)ccc4F)cnn3c2)cn1. The highest BCUT2D eigenvalue weighted by Crippen LogP contribution is 2.23. The average molecular weight is 576 g/mol. The van der Waals surface area contributed by atoms with Crippen molar-refractivity contribution in [3.05, 3.63) is 83.6 Å². The number of hydrogen-bond donors (Lipinski definition) is 1. The summed E-state index contributed by atoms with van der Waals surface area (Å²) in [5.41, 5.74) is 2.83. The molecule has 4 rings (SSSR count). The highest BCUT2D eigenvalue weighted by Gasteiger charge is 2.18. The molecule has 0 bridgehead atoms. The van der Waals surface area contributed by atoms with E-state index in [2.05, 4.69) is 20.3 Å². The molecule has 1 amide bonds. The molecule has 3 heterocycles. The van der Waals surface area contributed by atoms with Crippen LogP contribution in [-0.4, -0.2) is 77.2 Å². The van der Waals surface area contributed by atoms with Crippen LogP contribution in [0, 0.1) is 5.82 Å². The standard InChI is InChI=1S/C32H38FN5O4/c1-32(2,3)42-16-13-34-31(40)22-7-10-27(33)25(17-22)18-29(39)26-20-36-38-21-24(8-11-28(26)38)23-9-12-30(35-19-23)41-15-6-14-37(4)5/h7-12,17,19-21H,6,13-16,18H2,1-5H3,(H,34,40). The van der Waals surface area contributed by atoms with Gasteiger partial charge in [-0.2, -0.15) is 5.10 Å². The second kappa shape index (κ2) is 13.7. The summed E-state index contributed by atoms with van der Waals surface area (Å²) in [6, 6.07) is 11.5. The molecule has 0 atom stereocenters. The van der Waals surface area contributed by atoms with Gasteiger partial charge in [0.2, 0.25) is 5.88 Å². The maximum Gasteiger partial charge on any atom is 0.251 e. The lowest BCUT2D eigenvalue weighted by Crippen LogP contribution is -2.30. The summed E-state index contributed by atoms with van der Waals surface area (Å²) in [6.45, 7) is 8.00. The maximum atomic E-state index is 14.6.